The van der Waals surface area contributed by atoms with Crippen LogP contribution in [0, 0.1) is 10.8 Å². The molecule has 2 fully saturated rings. The van der Waals surface area contributed by atoms with Gasteiger partial charge in [0.1, 0.15) is 12.2 Å². The van der Waals surface area contributed by atoms with E-state index in [1.54, 1.807) is 13.0 Å². The van der Waals surface area contributed by atoms with E-state index in [0.29, 0.717) is 17.6 Å². The molecular weight excluding hydrogens is 260 g/mol. The van der Waals surface area contributed by atoms with E-state index in [2.05, 4.69) is 6.58 Å². The summed E-state index contributed by atoms with van der Waals surface area (Å²) < 4.78 is 5.86. The summed E-state index contributed by atoms with van der Waals surface area (Å²) in [6.45, 7) is 7.05. The summed E-state index contributed by atoms with van der Waals surface area (Å²) in [4.78, 5) is 12.2. The van der Waals surface area contributed by atoms with Gasteiger partial charge in [-0.1, -0.05) is 13.5 Å². The zero-order valence-corrected chi connectivity index (χ0v) is 11.7. The van der Waals surface area contributed by atoms with Gasteiger partial charge in [-0.2, -0.15) is 0 Å². The van der Waals surface area contributed by atoms with Crippen molar-refractivity contribution in [3.05, 3.63) is 23.8 Å². The second-order valence-corrected chi connectivity index (χ2v) is 6.42. The van der Waals surface area contributed by atoms with E-state index in [4.69, 9.17) is 4.74 Å². The predicted molar refractivity (Wildman–Crippen MR) is 70.8 cm³/mol. The first-order chi connectivity index (χ1) is 9.29. The average molecular weight is 280 g/mol. The molecule has 4 unspecified atom stereocenters. The molecule has 20 heavy (non-hydrogen) atoms. The number of hydrogen-bond donors (Lipinski definition) is 3. The summed E-state index contributed by atoms with van der Waals surface area (Å²) in [5.74, 6) is -0.396. The molecule has 1 saturated heterocycles. The zero-order chi connectivity index (χ0) is 14.9. The first-order valence-electron chi connectivity index (χ1n) is 6.84. The maximum Gasteiger partial charge on any atom is 0.187 e. The molecule has 3 rings (SSSR count). The second kappa shape index (κ2) is 4.01. The minimum absolute atomic E-state index is 0.324. The van der Waals surface area contributed by atoms with Crippen molar-refractivity contribution in [3.63, 3.8) is 0 Å². The van der Waals surface area contributed by atoms with Crippen LogP contribution in [-0.4, -0.2) is 52.1 Å². The van der Waals surface area contributed by atoms with Crippen molar-refractivity contribution in [2.24, 2.45) is 10.8 Å². The van der Waals surface area contributed by atoms with Crippen LogP contribution in [0.3, 0.4) is 0 Å². The Kier molecular flexibility index (Phi) is 2.80. The lowest BCUT2D eigenvalue weighted by atomic mass is 9.53. The molecule has 0 aromatic rings. The Morgan fingerprint density at radius 2 is 2.15 bits per heavy atom. The Morgan fingerprint density at radius 3 is 2.75 bits per heavy atom. The molecule has 1 saturated carbocycles. The third-order valence-corrected chi connectivity index (χ3v) is 5.64. The standard InChI is InChI=1S/C15H20O5/c1-7-4-10-15(6-16,13(19)11(7)18)14(3)5-9(17)12(20-10)8(14)2/h4,9-10,12-13,16-17,19H,2,5-6H2,1,3H3/t9?,10?,12?,13?,14-,15+/m0/s1. The molecule has 0 spiro atoms. The van der Waals surface area contributed by atoms with Crippen molar-refractivity contribution in [2.45, 2.75) is 44.7 Å². The number of rotatable bonds is 1. The Bertz CT molecular complexity index is 524. The minimum atomic E-state index is -1.35. The Balaban J connectivity index is 2.23. The highest BCUT2D eigenvalue weighted by Gasteiger charge is 2.69. The molecular formula is C15H20O5. The van der Waals surface area contributed by atoms with Crippen LogP contribution >= 0.6 is 0 Å². The van der Waals surface area contributed by atoms with E-state index in [0.717, 1.165) is 0 Å². The van der Waals surface area contributed by atoms with Crippen LogP contribution in [0.15, 0.2) is 23.8 Å². The van der Waals surface area contributed by atoms with E-state index in [-0.39, 0.29) is 0 Å². The summed E-state index contributed by atoms with van der Waals surface area (Å²) >= 11 is 0. The van der Waals surface area contributed by atoms with Gasteiger partial charge in [0.05, 0.1) is 24.2 Å². The monoisotopic (exact) mass is 280 g/mol. The highest BCUT2D eigenvalue weighted by atomic mass is 16.5. The average Bonchev–Trinajstić information content (AvgIpc) is 2.55. The molecule has 0 amide bonds. The van der Waals surface area contributed by atoms with Gasteiger partial charge in [-0.15, -0.1) is 0 Å². The number of ether oxygens (including phenoxy) is 1. The first kappa shape index (κ1) is 13.9. The second-order valence-electron chi connectivity index (χ2n) is 6.42. The number of aliphatic hydroxyl groups is 3. The zero-order valence-electron chi connectivity index (χ0n) is 11.7. The quantitative estimate of drug-likeness (QED) is 0.586. The molecule has 2 aliphatic carbocycles. The Morgan fingerprint density at radius 1 is 1.50 bits per heavy atom. The summed E-state index contributed by atoms with van der Waals surface area (Å²) in [5.41, 5.74) is -0.831. The minimum Gasteiger partial charge on any atom is -0.396 e. The number of carbonyl (C=O) groups is 1. The number of hydrogen-bond acceptors (Lipinski definition) is 5. The Hall–Kier alpha value is -1.01. The molecule has 2 bridgehead atoms. The van der Waals surface area contributed by atoms with E-state index in [9.17, 15) is 20.1 Å². The number of ketones is 1. The van der Waals surface area contributed by atoms with Crippen LogP contribution in [0.4, 0.5) is 0 Å². The molecule has 3 aliphatic rings. The highest BCUT2D eigenvalue weighted by Crippen LogP contribution is 2.63. The van der Waals surface area contributed by atoms with Gasteiger partial charge in [0.15, 0.2) is 5.78 Å². The van der Waals surface area contributed by atoms with Crippen LogP contribution in [0.25, 0.3) is 0 Å². The maximum absolute atomic E-state index is 12.2. The lowest BCUT2D eigenvalue weighted by molar-refractivity contribution is -0.192. The van der Waals surface area contributed by atoms with Crippen LogP contribution in [0.2, 0.25) is 0 Å². The first-order valence-corrected chi connectivity index (χ1v) is 6.84. The van der Waals surface area contributed by atoms with Gasteiger partial charge in [0, 0.05) is 5.41 Å². The van der Waals surface area contributed by atoms with Gasteiger partial charge in [-0.25, -0.2) is 0 Å². The topological polar surface area (TPSA) is 87.0 Å². The third kappa shape index (κ3) is 1.29. The van der Waals surface area contributed by atoms with E-state index >= 15 is 0 Å². The number of Topliss-reactive ketones (excluding diaryl/α,β-unsaturated/α-hetero) is 1. The van der Waals surface area contributed by atoms with Gasteiger partial charge in [0.25, 0.3) is 0 Å². The summed E-state index contributed by atoms with van der Waals surface area (Å²) in [6, 6.07) is 0. The van der Waals surface area contributed by atoms with Gasteiger partial charge < -0.3 is 20.1 Å². The molecule has 0 radical (unpaired) electrons. The highest BCUT2D eigenvalue weighted by molar-refractivity contribution is 6.00. The summed E-state index contributed by atoms with van der Waals surface area (Å²) in [7, 11) is 0. The molecule has 3 N–H and O–H groups in total. The molecule has 1 aliphatic heterocycles. The normalized spacial score (nSPS) is 51.0. The number of fused-ring (bicyclic) bond motifs is 4. The molecule has 6 atom stereocenters. The van der Waals surface area contributed by atoms with Gasteiger partial charge in [-0.05, 0) is 30.6 Å². The van der Waals surface area contributed by atoms with Crippen LogP contribution in [-0.2, 0) is 9.53 Å². The van der Waals surface area contributed by atoms with Crippen molar-refractivity contribution in [1.29, 1.82) is 0 Å². The largest absolute Gasteiger partial charge is 0.396 e. The van der Waals surface area contributed by atoms with Crippen LogP contribution in [0.1, 0.15) is 20.3 Å². The van der Waals surface area contributed by atoms with E-state index in [1.165, 1.54) is 0 Å². The van der Waals surface area contributed by atoms with Gasteiger partial charge in [0.2, 0.25) is 0 Å². The van der Waals surface area contributed by atoms with Crippen molar-refractivity contribution in [1.82, 2.24) is 0 Å². The summed E-state index contributed by atoms with van der Waals surface area (Å²) in [6.07, 6.45) is -1.20. The molecule has 5 nitrogen and oxygen atoms in total. The lowest BCUT2D eigenvalue weighted by Crippen LogP contribution is -2.65. The molecule has 5 heteroatoms. The van der Waals surface area contributed by atoms with Gasteiger partial charge in [-0.3, -0.25) is 4.79 Å². The lowest BCUT2D eigenvalue weighted by Gasteiger charge is -2.56. The van der Waals surface area contributed by atoms with Crippen molar-refractivity contribution in [2.75, 3.05) is 6.61 Å². The van der Waals surface area contributed by atoms with Crippen LogP contribution < -0.4 is 0 Å². The Labute approximate surface area is 117 Å². The molecule has 1 heterocycles. The fraction of sp³-hybridized carbons (Fsp3) is 0.667. The smallest absolute Gasteiger partial charge is 0.187 e. The van der Waals surface area contributed by atoms with Crippen molar-refractivity contribution < 1.29 is 24.9 Å². The molecule has 0 aromatic carbocycles. The number of carbonyl (C=O) groups excluding carboxylic acids is 1. The maximum atomic E-state index is 12.2. The fourth-order valence-corrected chi connectivity index (χ4v) is 4.21. The number of aliphatic hydroxyl groups excluding tert-OH is 3. The third-order valence-electron chi connectivity index (χ3n) is 5.64. The summed E-state index contributed by atoms with van der Waals surface area (Å²) in [5, 5.41) is 30.7. The van der Waals surface area contributed by atoms with Crippen molar-refractivity contribution >= 4 is 5.78 Å². The molecule has 0 aromatic heterocycles. The fourth-order valence-electron chi connectivity index (χ4n) is 4.21. The SMILES string of the molecule is C=C1C2OC3C=C(C)C(=O)C(O)[C@]3(CO)[C@@]1(C)CC2O. The molecule has 110 valence electrons. The van der Waals surface area contributed by atoms with E-state index in [1.807, 2.05) is 6.92 Å². The van der Waals surface area contributed by atoms with Gasteiger partial charge >= 0.3 is 0 Å². The van der Waals surface area contributed by atoms with Crippen molar-refractivity contribution in [3.8, 4) is 0 Å². The van der Waals surface area contributed by atoms with E-state index < -0.39 is 47.6 Å². The van der Waals surface area contributed by atoms with Crippen LogP contribution in [0.5, 0.6) is 0 Å². The predicted octanol–water partition coefficient (Wildman–Crippen LogP) is -0.0505.